The van der Waals surface area contributed by atoms with E-state index >= 15 is 0 Å². The average molecular weight is 671 g/mol. The van der Waals surface area contributed by atoms with Crippen LogP contribution in [0.5, 0.6) is 0 Å². The van der Waals surface area contributed by atoms with E-state index in [9.17, 15) is 40.8 Å². The number of allylic oxidation sites excluding steroid dienone is 1. The fraction of sp³-hybridized carbons (Fsp3) is 0.613. The van der Waals surface area contributed by atoms with Gasteiger partial charge in [0.2, 0.25) is 5.91 Å². The molecule has 2 fully saturated rings. The third kappa shape index (κ3) is 8.46. The zero-order valence-electron chi connectivity index (χ0n) is 26.1. The van der Waals surface area contributed by atoms with E-state index in [0.717, 1.165) is 31.0 Å². The highest BCUT2D eigenvalue weighted by Crippen LogP contribution is 2.46. The van der Waals surface area contributed by atoms with Crippen molar-refractivity contribution < 1.29 is 45.5 Å². The number of amides is 3. The quantitative estimate of drug-likeness (QED) is 0.316. The number of alkyl halides is 3. The lowest BCUT2D eigenvalue weighted by Gasteiger charge is -2.36. The Balaban J connectivity index is 1.59. The van der Waals surface area contributed by atoms with Crippen LogP contribution in [0.3, 0.4) is 0 Å². The van der Waals surface area contributed by atoms with Crippen LogP contribution in [0, 0.1) is 5.92 Å². The summed E-state index contributed by atoms with van der Waals surface area (Å²) in [4.78, 5) is 53.7. The maximum absolute atomic E-state index is 13.7. The first-order valence-electron chi connectivity index (χ1n) is 15.3. The molecule has 1 saturated carbocycles. The molecule has 0 radical (unpaired) electrons. The van der Waals surface area contributed by atoms with Gasteiger partial charge in [0.15, 0.2) is 0 Å². The van der Waals surface area contributed by atoms with E-state index in [2.05, 4.69) is 10.6 Å². The number of carbonyl (C=O) groups is 4. The van der Waals surface area contributed by atoms with Crippen LogP contribution >= 0.6 is 0 Å². The summed E-state index contributed by atoms with van der Waals surface area (Å²) in [5.74, 6) is -2.17. The highest BCUT2D eigenvalue weighted by Gasteiger charge is 2.61. The summed E-state index contributed by atoms with van der Waals surface area (Å²) in [6, 6.07) is 2.24. The van der Waals surface area contributed by atoms with E-state index in [1.165, 1.54) is 0 Å². The first-order valence-corrected chi connectivity index (χ1v) is 16.8. The minimum Gasteiger partial charge on any atom is -0.444 e. The number of nitrogens with zero attached hydrogens (tertiary/aromatic N) is 1. The molecule has 254 valence electrons. The standard InChI is InChI=1S/C31H41F3N4O7S/c1-28(2,3)45-27(42)36-29(20-39)15-8-6-4-5-7-11-22-18-30(22,35-25(40)24-14-10-16-38(24)19-29)26(41)37-46(43,44)23-13-9-12-21(17-23)31(32,33)34/h7,9,11-13,17,20,22,24H,4-6,8,10,14-16,18-19H2,1-3H3,(H,35,40)(H,36,42)(H,37,41)/b11-7-/t22-,24+,29+,30-/m1/s1. The van der Waals surface area contributed by atoms with Crippen LogP contribution in [0.2, 0.25) is 0 Å². The van der Waals surface area contributed by atoms with Crippen LogP contribution in [-0.4, -0.2) is 73.3 Å². The first-order chi connectivity index (χ1) is 21.4. The van der Waals surface area contributed by atoms with Crippen LogP contribution in [0.4, 0.5) is 18.0 Å². The van der Waals surface area contributed by atoms with Gasteiger partial charge >= 0.3 is 12.3 Å². The van der Waals surface area contributed by atoms with E-state index in [4.69, 9.17) is 4.74 Å². The lowest BCUT2D eigenvalue weighted by Crippen LogP contribution is -2.61. The van der Waals surface area contributed by atoms with Crippen LogP contribution in [0.15, 0.2) is 41.3 Å². The minimum absolute atomic E-state index is 0.0125. The molecule has 3 N–H and O–H groups in total. The van der Waals surface area contributed by atoms with Crippen LogP contribution in [0.25, 0.3) is 0 Å². The number of sulfonamides is 1. The SMILES string of the molecule is CC(C)(C)OC(=O)N[C@@]1(C=O)CCCCC/C=C\[C@@H]2C[C@@]2(C(=O)NS(=O)(=O)c2cccc(C(F)(F)F)c2)NC(=O)[C@@H]2CCCN2C1. The number of nitrogens with one attached hydrogen (secondary N) is 3. The number of aldehydes is 1. The molecule has 3 amide bonds. The van der Waals surface area contributed by atoms with Gasteiger partial charge in [0, 0.05) is 12.5 Å². The summed E-state index contributed by atoms with van der Waals surface area (Å²) in [5, 5.41) is 5.48. The van der Waals surface area contributed by atoms with Gasteiger partial charge in [0.25, 0.3) is 15.9 Å². The van der Waals surface area contributed by atoms with E-state index in [-0.39, 0.29) is 13.0 Å². The summed E-state index contributed by atoms with van der Waals surface area (Å²) < 4.78 is 73.1. The molecule has 1 aliphatic carbocycles. The van der Waals surface area contributed by atoms with Crippen LogP contribution < -0.4 is 15.4 Å². The monoisotopic (exact) mass is 670 g/mol. The maximum Gasteiger partial charge on any atom is 0.416 e. The molecular formula is C31H41F3N4O7S. The van der Waals surface area contributed by atoms with Gasteiger partial charge in [-0.3, -0.25) is 14.5 Å². The predicted octanol–water partition coefficient (Wildman–Crippen LogP) is 3.83. The smallest absolute Gasteiger partial charge is 0.416 e. The molecule has 1 aromatic rings. The number of rotatable bonds is 5. The van der Waals surface area contributed by atoms with Crippen molar-refractivity contribution in [2.75, 3.05) is 13.1 Å². The lowest BCUT2D eigenvalue weighted by molar-refractivity contribution is -0.137. The molecule has 0 unspecified atom stereocenters. The Labute approximate surface area is 266 Å². The Kier molecular flexibility index (Phi) is 10.3. The number of alkyl carbamates (subject to hydrolysis) is 1. The van der Waals surface area contributed by atoms with Crippen molar-refractivity contribution in [1.29, 1.82) is 0 Å². The molecule has 15 heteroatoms. The molecule has 0 aromatic heterocycles. The fourth-order valence-corrected chi connectivity index (χ4v) is 7.11. The second kappa shape index (κ2) is 13.3. The maximum atomic E-state index is 13.7. The Morgan fingerprint density at radius 2 is 1.87 bits per heavy atom. The van der Waals surface area contributed by atoms with E-state index in [1.807, 2.05) is 10.8 Å². The Bertz CT molecular complexity index is 1480. The van der Waals surface area contributed by atoms with Gasteiger partial charge in [-0.2, -0.15) is 13.2 Å². The third-order valence-corrected chi connectivity index (χ3v) is 9.78. The largest absolute Gasteiger partial charge is 0.444 e. The van der Waals surface area contributed by atoms with Gasteiger partial charge in [-0.1, -0.05) is 31.1 Å². The lowest BCUT2D eigenvalue weighted by atomic mass is 9.92. The number of fused-ring (bicyclic) bond motifs is 2. The van der Waals surface area contributed by atoms with Gasteiger partial charge < -0.3 is 20.2 Å². The highest BCUT2D eigenvalue weighted by atomic mass is 32.2. The zero-order chi connectivity index (χ0) is 34.0. The second-order valence-corrected chi connectivity index (χ2v) is 15.0. The number of hydrogen-bond donors (Lipinski definition) is 3. The van der Waals surface area contributed by atoms with Crippen molar-refractivity contribution in [1.82, 2.24) is 20.3 Å². The van der Waals surface area contributed by atoms with Gasteiger partial charge in [-0.15, -0.1) is 0 Å². The molecule has 4 atom stereocenters. The summed E-state index contributed by atoms with van der Waals surface area (Å²) >= 11 is 0. The molecular weight excluding hydrogens is 629 g/mol. The molecule has 0 bridgehead atoms. The van der Waals surface area contributed by atoms with Crippen molar-refractivity contribution in [3.8, 4) is 0 Å². The van der Waals surface area contributed by atoms with Crippen molar-refractivity contribution in [2.24, 2.45) is 5.92 Å². The minimum atomic E-state index is -4.80. The highest BCUT2D eigenvalue weighted by molar-refractivity contribution is 7.90. The molecule has 2 aliphatic heterocycles. The molecule has 0 spiro atoms. The molecule has 1 saturated heterocycles. The summed E-state index contributed by atoms with van der Waals surface area (Å²) in [6.07, 6.45) is 2.72. The van der Waals surface area contributed by atoms with Gasteiger partial charge in [-0.25, -0.2) is 17.9 Å². The summed E-state index contributed by atoms with van der Waals surface area (Å²) in [6.45, 7) is 5.54. The Hall–Kier alpha value is -3.46. The zero-order valence-corrected chi connectivity index (χ0v) is 26.9. The number of hydrogen-bond acceptors (Lipinski definition) is 8. The van der Waals surface area contributed by atoms with Crippen molar-refractivity contribution in [3.05, 3.63) is 42.0 Å². The van der Waals surface area contributed by atoms with Gasteiger partial charge in [0.05, 0.1) is 16.5 Å². The average Bonchev–Trinajstić information content (AvgIpc) is 3.44. The van der Waals surface area contributed by atoms with Crippen molar-refractivity contribution in [2.45, 2.75) is 106 Å². The number of carbonyl (C=O) groups excluding carboxylic acids is 4. The molecule has 46 heavy (non-hydrogen) atoms. The van der Waals surface area contributed by atoms with Crippen molar-refractivity contribution in [3.63, 3.8) is 0 Å². The Morgan fingerprint density at radius 1 is 1.13 bits per heavy atom. The molecule has 3 aliphatic rings. The summed E-state index contributed by atoms with van der Waals surface area (Å²) in [5.41, 5.74) is -4.99. The first kappa shape index (κ1) is 35.4. The van der Waals surface area contributed by atoms with Crippen molar-refractivity contribution >= 4 is 34.2 Å². The number of ether oxygens (including phenoxy) is 1. The third-order valence-electron chi connectivity index (χ3n) is 8.45. The fourth-order valence-electron chi connectivity index (χ4n) is 6.02. The Morgan fingerprint density at radius 3 is 2.54 bits per heavy atom. The molecule has 2 heterocycles. The number of benzene rings is 1. The van der Waals surface area contributed by atoms with Gasteiger partial charge in [-0.05, 0) is 84.0 Å². The van der Waals surface area contributed by atoms with Crippen LogP contribution in [-0.2, 0) is 35.3 Å². The molecule has 1 aromatic carbocycles. The second-order valence-electron chi connectivity index (χ2n) is 13.3. The molecule has 11 nitrogen and oxygen atoms in total. The molecule has 4 rings (SSSR count). The predicted molar refractivity (Wildman–Crippen MR) is 161 cm³/mol. The normalized spacial score (nSPS) is 28.7. The van der Waals surface area contributed by atoms with E-state index < -0.39 is 73.2 Å². The van der Waals surface area contributed by atoms with E-state index in [0.29, 0.717) is 51.0 Å². The van der Waals surface area contributed by atoms with Crippen LogP contribution in [0.1, 0.15) is 77.7 Å². The number of halogens is 3. The summed E-state index contributed by atoms with van der Waals surface area (Å²) in [7, 11) is -4.72. The topological polar surface area (TPSA) is 151 Å². The van der Waals surface area contributed by atoms with E-state index in [1.54, 1.807) is 31.7 Å². The van der Waals surface area contributed by atoms with Gasteiger partial charge in [0.1, 0.15) is 23.0 Å².